The molecule has 0 aromatic rings. The monoisotopic (exact) mass is 219 g/mol. The van der Waals surface area contributed by atoms with Gasteiger partial charge in [0.15, 0.2) is 0 Å². The average Bonchev–Trinajstić information content (AvgIpc) is 1.49. The van der Waals surface area contributed by atoms with Crippen LogP contribution in [0.2, 0.25) is 0 Å². The van der Waals surface area contributed by atoms with E-state index in [2.05, 4.69) is 5.73 Å². The SMILES string of the molecule is NC(=O)C(P(=O)(O)O)P(=O)(O)O. The minimum Gasteiger partial charge on any atom is -0.368 e. The third-order valence-corrected chi connectivity index (χ3v) is 4.48. The molecule has 8 nitrogen and oxygen atoms in total. The standard InChI is InChI=1S/C2H7NO7P2/c3-1(4)2(11(5,6)7)12(8,9)10/h2H,(H2,3,4)(H2,5,6,7)(H2,8,9,10). The molecule has 6 N–H and O–H groups in total. The van der Waals surface area contributed by atoms with Crippen molar-refractivity contribution in [2.45, 2.75) is 5.40 Å². The zero-order chi connectivity index (χ0) is 10.2. The number of primary amides is 1. The first-order valence-electron chi connectivity index (χ1n) is 2.46. The van der Waals surface area contributed by atoms with Crippen molar-refractivity contribution >= 4 is 21.1 Å². The Hall–Kier alpha value is -0.230. The summed E-state index contributed by atoms with van der Waals surface area (Å²) in [5.41, 5.74) is 4.39. The highest BCUT2D eigenvalue weighted by atomic mass is 31.2. The molecule has 0 saturated carbocycles. The number of carbonyl (C=O) groups is 1. The maximum absolute atomic E-state index is 10.3. The van der Waals surface area contributed by atoms with Gasteiger partial charge < -0.3 is 25.3 Å². The molecule has 0 bridgehead atoms. The summed E-state index contributed by atoms with van der Waals surface area (Å²) in [5.74, 6) is -1.73. The Bertz CT molecular complexity index is 251. The average molecular weight is 219 g/mol. The normalized spacial score (nSPS) is 13.4. The number of rotatable bonds is 3. The van der Waals surface area contributed by atoms with Crippen molar-refractivity contribution in [3.63, 3.8) is 0 Å². The maximum Gasteiger partial charge on any atom is 0.350 e. The minimum atomic E-state index is -5.19. The molecule has 0 aromatic heterocycles. The maximum atomic E-state index is 10.3. The molecular formula is C2H7NO7P2. The number of carbonyl (C=O) groups excluding carboxylic acids is 1. The van der Waals surface area contributed by atoms with Gasteiger partial charge in [0.05, 0.1) is 0 Å². The van der Waals surface area contributed by atoms with E-state index in [0.717, 1.165) is 0 Å². The van der Waals surface area contributed by atoms with E-state index in [4.69, 9.17) is 19.6 Å². The number of hydrogen-bond acceptors (Lipinski definition) is 3. The zero-order valence-corrected chi connectivity index (χ0v) is 7.35. The van der Waals surface area contributed by atoms with Gasteiger partial charge >= 0.3 is 15.2 Å². The van der Waals surface area contributed by atoms with Gasteiger partial charge in [0.1, 0.15) is 0 Å². The fraction of sp³-hybridized carbons (Fsp3) is 0.500. The Morgan fingerprint density at radius 2 is 1.33 bits per heavy atom. The first-order chi connectivity index (χ1) is 5.07. The van der Waals surface area contributed by atoms with Crippen LogP contribution < -0.4 is 5.73 Å². The molecule has 0 unspecified atom stereocenters. The van der Waals surface area contributed by atoms with Gasteiger partial charge in [0.25, 0.3) is 0 Å². The molecule has 0 aromatic carbocycles. The van der Waals surface area contributed by atoms with Crippen molar-refractivity contribution in [1.82, 2.24) is 0 Å². The number of amides is 1. The second-order valence-corrected chi connectivity index (χ2v) is 5.75. The molecule has 0 aliphatic heterocycles. The van der Waals surface area contributed by atoms with E-state index in [1.54, 1.807) is 0 Å². The summed E-state index contributed by atoms with van der Waals surface area (Å²) in [6.07, 6.45) is 0. The molecule has 1 amide bonds. The molecule has 0 fully saturated rings. The third kappa shape index (κ3) is 3.02. The summed E-state index contributed by atoms with van der Waals surface area (Å²) in [7, 11) is -10.4. The van der Waals surface area contributed by atoms with Gasteiger partial charge in [0, 0.05) is 0 Å². The van der Waals surface area contributed by atoms with E-state index in [1.165, 1.54) is 0 Å². The van der Waals surface area contributed by atoms with E-state index >= 15 is 0 Å². The fourth-order valence-electron chi connectivity index (χ4n) is 0.527. The fourth-order valence-corrected chi connectivity index (χ4v) is 2.76. The Labute approximate surface area is 66.7 Å². The van der Waals surface area contributed by atoms with E-state index in [-0.39, 0.29) is 0 Å². The molecular weight excluding hydrogens is 212 g/mol. The predicted molar refractivity (Wildman–Crippen MR) is 37.1 cm³/mol. The van der Waals surface area contributed by atoms with Crippen LogP contribution in [0.5, 0.6) is 0 Å². The van der Waals surface area contributed by atoms with E-state index in [9.17, 15) is 13.9 Å². The second kappa shape index (κ2) is 3.26. The van der Waals surface area contributed by atoms with Crippen LogP contribution in [0.25, 0.3) is 0 Å². The van der Waals surface area contributed by atoms with Gasteiger partial charge in [-0.25, -0.2) is 0 Å². The van der Waals surface area contributed by atoms with E-state index in [0.29, 0.717) is 0 Å². The highest BCUT2D eigenvalue weighted by Gasteiger charge is 2.47. The first kappa shape index (κ1) is 11.8. The van der Waals surface area contributed by atoms with Crippen molar-refractivity contribution < 1.29 is 33.5 Å². The molecule has 0 rings (SSSR count). The smallest absolute Gasteiger partial charge is 0.350 e. The Morgan fingerprint density at radius 1 is 1.08 bits per heavy atom. The van der Waals surface area contributed by atoms with Crippen molar-refractivity contribution in [2.24, 2.45) is 5.73 Å². The molecule has 0 spiro atoms. The Morgan fingerprint density at radius 3 is 1.33 bits per heavy atom. The van der Waals surface area contributed by atoms with Crippen LogP contribution in [0.3, 0.4) is 0 Å². The lowest BCUT2D eigenvalue weighted by molar-refractivity contribution is -0.116. The lowest BCUT2D eigenvalue weighted by Gasteiger charge is -2.15. The molecule has 10 heteroatoms. The van der Waals surface area contributed by atoms with Gasteiger partial charge in [-0.1, -0.05) is 0 Å². The topological polar surface area (TPSA) is 158 Å². The van der Waals surface area contributed by atoms with Gasteiger partial charge in [0.2, 0.25) is 11.3 Å². The lowest BCUT2D eigenvalue weighted by atomic mass is 10.7. The molecule has 0 radical (unpaired) electrons. The van der Waals surface area contributed by atoms with Gasteiger partial charge in [-0.15, -0.1) is 0 Å². The van der Waals surface area contributed by atoms with Gasteiger partial charge in [-0.3, -0.25) is 13.9 Å². The molecule has 72 valence electrons. The zero-order valence-electron chi connectivity index (χ0n) is 5.56. The highest BCUT2D eigenvalue weighted by Crippen LogP contribution is 2.59. The molecule has 0 aliphatic rings. The summed E-state index contributed by atoms with van der Waals surface area (Å²) >= 11 is 0. The van der Waals surface area contributed by atoms with Crippen LogP contribution in [-0.2, 0) is 13.9 Å². The van der Waals surface area contributed by atoms with Crippen molar-refractivity contribution in [1.29, 1.82) is 0 Å². The molecule has 0 heterocycles. The summed E-state index contributed by atoms with van der Waals surface area (Å²) < 4.78 is 20.6. The van der Waals surface area contributed by atoms with Crippen molar-refractivity contribution in [3.05, 3.63) is 0 Å². The summed E-state index contributed by atoms with van der Waals surface area (Å²) in [5, 5.41) is -2.75. The van der Waals surface area contributed by atoms with Gasteiger partial charge in [-0.05, 0) is 0 Å². The lowest BCUT2D eigenvalue weighted by Crippen LogP contribution is -2.28. The van der Waals surface area contributed by atoms with Crippen LogP contribution in [0.1, 0.15) is 0 Å². The Kier molecular flexibility index (Phi) is 3.19. The third-order valence-electron chi connectivity index (χ3n) is 0.892. The molecule has 12 heavy (non-hydrogen) atoms. The second-order valence-electron chi connectivity index (χ2n) is 1.95. The van der Waals surface area contributed by atoms with Crippen LogP contribution in [0, 0.1) is 0 Å². The summed E-state index contributed by atoms with van der Waals surface area (Å²) in [6, 6.07) is 0. The van der Waals surface area contributed by atoms with Gasteiger partial charge in [-0.2, -0.15) is 0 Å². The Balaban J connectivity index is 5.11. The van der Waals surface area contributed by atoms with E-state index < -0.39 is 26.5 Å². The van der Waals surface area contributed by atoms with Crippen molar-refractivity contribution in [3.8, 4) is 0 Å². The largest absolute Gasteiger partial charge is 0.368 e. The molecule has 0 aliphatic carbocycles. The van der Waals surface area contributed by atoms with Crippen molar-refractivity contribution in [2.75, 3.05) is 0 Å². The quantitative estimate of drug-likeness (QED) is 0.348. The number of nitrogens with two attached hydrogens (primary N) is 1. The first-order valence-corrected chi connectivity index (χ1v) is 5.83. The summed E-state index contributed by atoms with van der Waals surface area (Å²) in [4.78, 5) is 43.4. The van der Waals surface area contributed by atoms with Crippen LogP contribution in [0.15, 0.2) is 0 Å². The minimum absolute atomic E-state index is 1.73. The summed E-state index contributed by atoms with van der Waals surface area (Å²) in [6.45, 7) is 0. The highest BCUT2D eigenvalue weighted by molar-refractivity contribution is 7.72. The predicted octanol–water partition coefficient (Wildman–Crippen LogP) is -1.85. The van der Waals surface area contributed by atoms with Crippen LogP contribution in [-0.4, -0.2) is 30.9 Å². The molecule has 0 atom stereocenters. The number of hydrogen-bond donors (Lipinski definition) is 5. The van der Waals surface area contributed by atoms with E-state index in [1.807, 2.05) is 0 Å². The van der Waals surface area contributed by atoms with Crippen LogP contribution >= 0.6 is 15.2 Å². The van der Waals surface area contributed by atoms with Crippen LogP contribution in [0.4, 0.5) is 0 Å². The molecule has 0 saturated heterocycles.